The van der Waals surface area contributed by atoms with Crippen LogP contribution in [0.15, 0.2) is 90.6 Å². The highest BCUT2D eigenvalue weighted by atomic mass is 35.5. The molecule has 0 fully saturated rings. The fourth-order valence-electron chi connectivity index (χ4n) is 4.30. The zero-order chi connectivity index (χ0) is 22.8. The maximum atomic E-state index is 13.6. The van der Waals surface area contributed by atoms with Crippen molar-refractivity contribution in [1.82, 2.24) is 19.4 Å². The Bertz CT molecular complexity index is 1340. The van der Waals surface area contributed by atoms with Crippen LogP contribution in [0.1, 0.15) is 29.5 Å². The van der Waals surface area contributed by atoms with Crippen LogP contribution in [0.25, 0.3) is 16.6 Å². The van der Waals surface area contributed by atoms with Crippen molar-refractivity contribution in [2.75, 3.05) is 13.1 Å². The van der Waals surface area contributed by atoms with E-state index in [1.54, 1.807) is 18.5 Å². The Balaban J connectivity index is 1.35. The minimum atomic E-state index is -0.232. The molecular weight excluding hydrogens is 435 g/mol. The van der Waals surface area contributed by atoms with Crippen LogP contribution < -0.4 is 0 Å². The van der Waals surface area contributed by atoms with E-state index in [4.69, 9.17) is 11.6 Å². The number of rotatable bonds is 6. The van der Waals surface area contributed by atoms with Gasteiger partial charge in [-0.25, -0.2) is 9.37 Å². The lowest BCUT2D eigenvalue weighted by Gasteiger charge is -2.27. The number of benzene rings is 2. The van der Waals surface area contributed by atoms with Crippen molar-refractivity contribution >= 4 is 28.2 Å². The predicted octanol–water partition coefficient (Wildman–Crippen LogP) is 6.20. The molecule has 0 amide bonds. The molecule has 1 atom stereocenters. The number of hydrogen-bond acceptors (Lipinski definition) is 3. The number of hydrogen-bond donors (Lipinski definition) is 0. The molecule has 166 valence electrons. The van der Waals surface area contributed by atoms with Gasteiger partial charge in [0.2, 0.25) is 0 Å². The van der Waals surface area contributed by atoms with E-state index in [-0.39, 0.29) is 5.82 Å². The molecule has 0 saturated carbocycles. The molecule has 33 heavy (non-hydrogen) atoms. The zero-order valence-electron chi connectivity index (χ0n) is 18.3. The molecule has 4 nitrogen and oxygen atoms in total. The normalized spacial score (nSPS) is 14.8. The summed E-state index contributed by atoms with van der Waals surface area (Å²) in [5.41, 5.74) is 6.13. The van der Waals surface area contributed by atoms with Crippen LogP contribution in [0.3, 0.4) is 0 Å². The SMILES string of the molecule is CC(CN1C=C(Cl)C(c2ccc3ncn(Cc4cccc(F)c4)c3c2)=CC1)c1ccncc1. The van der Waals surface area contributed by atoms with Crippen molar-refractivity contribution in [3.8, 4) is 0 Å². The van der Waals surface area contributed by atoms with Crippen LogP contribution in [0, 0.1) is 5.82 Å². The van der Waals surface area contributed by atoms with Gasteiger partial charge < -0.3 is 9.47 Å². The van der Waals surface area contributed by atoms with E-state index in [1.807, 2.05) is 35.3 Å². The molecule has 0 aliphatic carbocycles. The molecule has 3 heterocycles. The lowest BCUT2D eigenvalue weighted by Crippen LogP contribution is -2.25. The Hall–Kier alpha value is -3.44. The zero-order valence-corrected chi connectivity index (χ0v) is 19.1. The lowest BCUT2D eigenvalue weighted by atomic mass is 10.00. The van der Waals surface area contributed by atoms with Crippen molar-refractivity contribution in [3.05, 3.63) is 113 Å². The molecule has 1 aliphatic heterocycles. The van der Waals surface area contributed by atoms with Gasteiger partial charge in [-0.1, -0.05) is 42.8 Å². The highest BCUT2D eigenvalue weighted by Crippen LogP contribution is 2.32. The van der Waals surface area contributed by atoms with Crippen molar-refractivity contribution < 1.29 is 4.39 Å². The molecule has 0 N–H and O–H groups in total. The van der Waals surface area contributed by atoms with E-state index in [9.17, 15) is 4.39 Å². The second-order valence-electron chi connectivity index (χ2n) is 8.44. The Kier molecular flexibility index (Phi) is 5.97. The summed E-state index contributed by atoms with van der Waals surface area (Å²) in [7, 11) is 0. The summed E-state index contributed by atoms with van der Waals surface area (Å²) in [4.78, 5) is 10.8. The van der Waals surface area contributed by atoms with Gasteiger partial charge in [0.15, 0.2) is 0 Å². The third kappa shape index (κ3) is 4.69. The number of allylic oxidation sites excluding steroid dienone is 2. The molecule has 0 spiro atoms. The van der Waals surface area contributed by atoms with E-state index in [0.717, 1.165) is 45.9 Å². The smallest absolute Gasteiger partial charge is 0.123 e. The van der Waals surface area contributed by atoms with Gasteiger partial charge in [-0.15, -0.1) is 0 Å². The van der Waals surface area contributed by atoms with Gasteiger partial charge in [0.05, 0.1) is 22.4 Å². The summed E-state index contributed by atoms with van der Waals surface area (Å²) in [5, 5.41) is 0.721. The highest BCUT2D eigenvalue weighted by molar-refractivity contribution is 6.37. The second-order valence-corrected chi connectivity index (χ2v) is 8.84. The third-order valence-electron chi connectivity index (χ3n) is 6.04. The second kappa shape index (κ2) is 9.20. The summed E-state index contributed by atoms with van der Waals surface area (Å²) in [6.07, 6.45) is 9.67. The number of pyridine rings is 1. The minimum Gasteiger partial charge on any atom is -0.372 e. The van der Waals surface area contributed by atoms with E-state index in [2.05, 4.69) is 52.1 Å². The third-order valence-corrected chi connectivity index (χ3v) is 6.34. The summed E-state index contributed by atoms with van der Waals surface area (Å²) in [6, 6.07) is 17.0. The quantitative estimate of drug-likeness (QED) is 0.345. The number of halogens is 2. The molecule has 1 unspecified atom stereocenters. The van der Waals surface area contributed by atoms with Crippen LogP contribution in [0.2, 0.25) is 0 Å². The number of fused-ring (bicyclic) bond motifs is 1. The van der Waals surface area contributed by atoms with Gasteiger partial charge in [0, 0.05) is 38.2 Å². The Morgan fingerprint density at radius 1 is 1.09 bits per heavy atom. The topological polar surface area (TPSA) is 34.0 Å². The summed E-state index contributed by atoms with van der Waals surface area (Å²) in [6.45, 7) is 4.44. The van der Waals surface area contributed by atoms with E-state index >= 15 is 0 Å². The van der Waals surface area contributed by atoms with Gasteiger partial charge >= 0.3 is 0 Å². The van der Waals surface area contributed by atoms with Crippen molar-refractivity contribution in [2.24, 2.45) is 0 Å². The Morgan fingerprint density at radius 3 is 2.73 bits per heavy atom. The Morgan fingerprint density at radius 2 is 1.94 bits per heavy atom. The number of aromatic nitrogens is 3. The van der Waals surface area contributed by atoms with Crippen molar-refractivity contribution in [1.29, 1.82) is 0 Å². The first kappa shape index (κ1) is 21.4. The lowest BCUT2D eigenvalue weighted by molar-refractivity contribution is 0.386. The van der Waals surface area contributed by atoms with E-state index in [1.165, 1.54) is 11.6 Å². The molecule has 5 rings (SSSR count). The van der Waals surface area contributed by atoms with Crippen LogP contribution in [-0.4, -0.2) is 32.5 Å². The fourth-order valence-corrected chi connectivity index (χ4v) is 4.63. The maximum Gasteiger partial charge on any atom is 0.123 e. The van der Waals surface area contributed by atoms with E-state index in [0.29, 0.717) is 12.5 Å². The molecule has 0 radical (unpaired) electrons. The summed E-state index contributed by atoms with van der Waals surface area (Å²) >= 11 is 6.73. The van der Waals surface area contributed by atoms with E-state index < -0.39 is 0 Å². The average Bonchev–Trinajstić information content (AvgIpc) is 3.21. The molecule has 2 aromatic carbocycles. The Labute approximate surface area is 197 Å². The van der Waals surface area contributed by atoms with Gasteiger partial charge in [-0.2, -0.15) is 0 Å². The van der Waals surface area contributed by atoms with Crippen LogP contribution in [0.4, 0.5) is 4.39 Å². The van der Waals surface area contributed by atoms with Crippen LogP contribution in [-0.2, 0) is 6.54 Å². The van der Waals surface area contributed by atoms with Crippen molar-refractivity contribution in [2.45, 2.75) is 19.4 Å². The van der Waals surface area contributed by atoms with Gasteiger partial charge in [0.1, 0.15) is 5.82 Å². The monoisotopic (exact) mass is 458 g/mol. The van der Waals surface area contributed by atoms with Crippen LogP contribution in [0.5, 0.6) is 0 Å². The minimum absolute atomic E-state index is 0.232. The molecule has 0 bridgehead atoms. The molecule has 4 aromatic rings. The summed E-state index contributed by atoms with van der Waals surface area (Å²) < 4.78 is 15.6. The molecule has 2 aromatic heterocycles. The number of nitrogens with zero attached hydrogens (tertiary/aromatic N) is 4. The molecule has 6 heteroatoms. The first-order valence-corrected chi connectivity index (χ1v) is 11.4. The average molecular weight is 459 g/mol. The first-order valence-electron chi connectivity index (χ1n) is 11.0. The van der Waals surface area contributed by atoms with Gasteiger partial charge in [-0.3, -0.25) is 4.98 Å². The summed E-state index contributed by atoms with van der Waals surface area (Å²) in [5.74, 6) is 0.141. The maximum absolute atomic E-state index is 13.6. The largest absolute Gasteiger partial charge is 0.372 e. The molecule has 0 saturated heterocycles. The van der Waals surface area contributed by atoms with Gasteiger partial charge in [0.25, 0.3) is 0 Å². The number of imidazole rings is 1. The fraction of sp³-hybridized carbons (Fsp3) is 0.185. The first-order chi connectivity index (χ1) is 16.1. The predicted molar refractivity (Wildman–Crippen MR) is 131 cm³/mol. The molecule has 1 aliphatic rings. The van der Waals surface area contributed by atoms with Crippen molar-refractivity contribution in [3.63, 3.8) is 0 Å². The van der Waals surface area contributed by atoms with Gasteiger partial charge in [-0.05, 0) is 64.6 Å². The standard InChI is InChI=1S/C27H24ClFN4/c1-19(21-7-10-30-11-8-21)15-32-12-9-24(25(28)17-32)22-5-6-26-27(14-22)33(18-31-26)16-20-3-2-4-23(29)13-20/h2-11,13-14,17-19H,12,15-16H2,1H3. The highest BCUT2D eigenvalue weighted by Gasteiger charge is 2.17. The van der Waals surface area contributed by atoms with Crippen LogP contribution >= 0.6 is 11.6 Å². The molecular formula is C27H24ClFN4.